The monoisotopic (exact) mass is 284 g/mol. The molecule has 1 unspecified atom stereocenters. The molecular formula is C16H32N2O2. The predicted molar refractivity (Wildman–Crippen MR) is 83.4 cm³/mol. The summed E-state index contributed by atoms with van der Waals surface area (Å²) in [5.41, 5.74) is 0. The largest absolute Gasteiger partial charge is 0.345 e. The van der Waals surface area contributed by atoms with E-state index < -0.39 is 0 Å². The Balaban J connectivity index is 4.24. The van der Waals surface area contributed by atoms with Crippen molar-refractivity contribution in [2.45, 2.75) is 53.9 Å². The highest BCUT2D eigenvalue weighted by molar-refractivity contribution is 5.78. The van der Waals surface area contributed by atoms with E-state index in [0.717, 1.165) is 38.9 Å². The average molecular weight is 284 g/mol. The fraction of sp³-hybridized carbons (Fsp3) is 0.875. The van der Waals surface area contributed by atoms with E-state index in [4.69, 9.17) is 0 Å². The summed E-state index contributed by atoms with van der Waals surface area (Å²) in [6, 6.07) is 0. The molecule has 0 heterocycles. The van der Waals surface area contributed by atoms with Gasteiger partial charge in [-0.05, 0) is 19.3 Å². The SMILES string of the molecule is CCCN(CCCN(C)C(=O)C(C)CC)C(=O)C(C)C. The maximum Gasteiger partial charge on any atom is 0.225 e. The van der Waals surface area contributed by atoms with Crippen LogP contribution in [-0.4, -0.2) is 48.3 Å². The van der Waals surface area contributed by atoms with E-state index in [2.05, 4.69) is 6.92 Å². The third-order valence-corrected chi connectivity index (χ3v) is 3.63. The molecule has 0 aliphatic rings. The molecule has 0 aliphatic carbocycles. The van der Waals surface area contributed by atoms with Crippen LogP contribution in [0.4, 0.5) is 0 Å². The summed E-state index contributed by atoms with van der Waals surface area (Å²) in [6.45, 7) is 12.2. The second-order valence-electron chi connectivity index (χ2n) is 5.90. The Labute approximate surface area is 124 Å². The Hall–Kier alpha value is -1.06. The third kappa shape index (κ3) is 6.40. The van der Waals surface area contributed by atoms with Gasteiger partial charge in [0.25, 0.3) is 0 Å². The average Bonchev–Trinajstić information content (AvgIpc) is 2.43. The summed E-state index contributed by atoms with van der Waals surface area (Å²) in [5, 5.41) is 0. The van der Waals surface area contributed by atoms with Crippen molar-refractivity contribution in [1.29, 1.82) is 0 Å². The van der Waals surface area contributed by atoms with Gasteiger partial charge in [-0.2, -0.15) is 0 Å². The highest BCUT2D eigenvalue weighted by Crippen LogP contribution is 2.07. The molecule has 0 aromatic carbocycles. The van der Waals surface area contributed by atoms with Crippen LogP contribution in [0.5, 0.6) is 0 Å². The first-order valence-corrected chi connectivity index (χ1v) is 7.88. The van der Waals surface area contributed by atoms with Crippen molar-refractivity contribution in [3.8, 4) is 0 Å². The molecule has 0 saturated heterocycles. The van der Waals surface area contributed by atoms with Crippen LogP contribution in [0.1, 0.15) is 53.9 Å². The molecule has 0 aromatic rings. The lowest BCUT2D eigenvalue weighted by atomic mass is 10.1. The molecule has 4 nitrogen and oxygen atoms in total. The Morgan fingerprint density at radius 1 is 0.950 bits per heavy atom. The van der Waals surface area contributed by atoms with Gasteiger partial charge in [0.2, 0.25) is 11.8 Å². The minimum Gasteiger partial charge on any atom is -0.345 e. The topological polar surface area (TPSA) is 40.6 Å². The van der Waals surface area contributed by atoms with Crippen LogP contribution < -0.4 is 0 Å². The first-order valence-electron chi connectivity index (χ1n) is 7.88. The quantitative estimate of drug-likeness (QED) is 0.653. The molecule has 0 aliphatic heterocycles. The predicted octanol–water partition coefficient (Wildman–Crippen LogP) is 2.78. The summed E-state index contributed by atoms with van der Waals surface area (Å²) >= 11 is 0. The van der Waals surface area contributed by atoms with E-state index in [1.165, 1.54) is 0 Å². The van der Waals surface area contributed by atoms with Crippen LogP contribution in [0.15, 0.2) is 0 Å². The van der Waals surface area contributed by atoms with E-state index in [-0.39, 0.29) is 23.7 Å². The molecule has 0 aromatic heterocycles. The van der Waals surface area contributed by atoms with Crippen LogP contribution in [0.25, 0.3) is 0 Å². The van der Waals surface area contributed by atoms with Gasteiger partial charge >= 0.3 is 0 Å². The van der Waals surface area contributed by atoms with Gasteiger partial charge in [0.05, 0.1) is 0 Å². The van der Waals surface area contributed by atoms with Crippen LogP contribution in [0.2, 0.25) is 0 Å². The molecule has 118 valence electrons. The van der Waals surface area contributed by atoms with Gasteiger partial charge in [-0.25, -0.2) is 0 Å². The molecule has 0 spiro atoms. The molecule has 0 saturated carbocycles. The number of carbonyl (C=O) groups excluding carboxylic acids is 2. The van der Waals surface area contributed by atoms with Crippen LogP contribution in [-0.2, 0) is 9.59 Å². The van der Waals surface area contributed by atoms with E-state index in [9.17, 15) is 9.59 Å². The molecule has 2 amide bonds. The number of nitrogens with zero attached hydrogens (tertiary/aromatic N) is 2. The van der Waals surface area contributed by atoms with Gasteiger partial charge in [-0.15, -0.1) is 0 Å². The number of rotatable bonds is 9. The van der Waals surface area contributed by atoms with Gasteiger partial charge < -0.3 is 9.80 Å². The molecule has 4 heteroatoms. The van der Waals surface area contributed by atoms with Crippen molar-refractivity contribution in [2.75, 3.05) is 26.7 Å². The maximum atomic E-state index is 12.0. The molecule has 20 heavy (non-hydrogen) atoms. The minimum absolute atomic E-state index is 0.0426. The van der Waals surface area contributed by atoms with Crippen LogP contribution in [0, 0.1) is 11.8 Å². The Bertz CT molecular complexity index is 303. The van der Waals surface area contributed by atoms with E-state index >= 15 is 0 Å². The number of carbonyl (C=O) groups is 2. The molecular weight excluding hydrogens is 252 g/mol. The van der Waals surface area contributed by atoms with E-state index in [0.29, 0.717) is 0 Å². The fourth-order valence-electron chi connectivity index (χ4n) is 2.13. The highest BCUT2D eigenvalue weighted by Gasteiger charge is 2.18. The number of amides is 2. The molecule has 1 atom stereocenters. The fourth-order valence-corrected chi connectivity index (χ4v) is 2.13. The number of hydrogen-bond donors (Lipinski definition) is 0. The van der Waals surface area contributed by atoms with Crippen molar-refractivity contribution in [2.24, 2.45) is 11.8 Å². The summed E-state index contributed by atoms with van der Waals surface area (Å²) in [6.07, 6.45) is 2.69. The lowest BCUT2D eigenvalue weighted by Gasteiger charge is -2.26. The van der Waals surface area contributed by atoms with Gasteiger partial charge in [0.1, 0.15) is 0 Å². The third-order valence-electron chi connectivity index (χ3n) is 3.63. The van der Waals surface area contributed by atoms with Gasteiger partial charge in [-0.1, -0.05) is 34.6 Å². The maximum absolute atomic E-state index is 12.0. The van der Waals surface area contributed by atoms with Crippen molar-refractivity contribution in [3.05, 3.63) is 0 Å². The lowest BCUT2D eigenvalue weighted by molar-refractivity contribution is -0.135. The minimum atomic E-state index is 0.0426. The summed E-state index contributed by atoms with van der Waals surface area (Å²) in [4.78, 5) is 27.7. The first-order chi connectivity index (χ1) is 9.34. The van der Waals surface area contributed by atoms with E-state index in [1.807, 2.05) is 39.6 Å². The summed E-state index contributed by atoms with van der Waals surface area (Å²) in [5.74, 6) is 0.539. The molecule has 0 fully saturated rings. The Morgan fingerprint density at radius 2 is 1.55 bits per heavy atom. The van der Waals surface area contributed by atoms with Gasteiger partial charge in [0, 0.05) is 38.5 Å². The zero-order valence-corrected chi connectivity index (χ0v) is 14.1. The van der Waals surface area contributed by atoms with Crippen molar-refractivity contribution in [3.63, 3.8) is 0 Å². The molecule has 0 N–H and O–H groups in total. The summed E-state index contributed by atoms with van der Waals surface area (Å²) < 4.78 is 0. The molecule has 0 bridgehead atoms. The van der Waals surface area contributed by atoms with Crippen LogP contribution >= 0.6 is 0 Å². The van der Waals surface area contributed by atoms with Crippen LogP contribution in [0.3, 0.4) is 0 Å². The second kappa shape index (κ2) is 9.78. The van der Waals surface area contributed by atoms with Crippen molar-refractivity contribution >= 4 is 11.8 Å². The number of hydrogen-bond acceptors (Lipinski definition) is 2. The second-order valence-corrected chi connectivity index (χ2v) is 5.90. The Kier molecular flexibility index (Phi) is 9.26. The van der Waals surface area contributed by atoms with Crippen molar-refractivity contribution in [1.82, 2.24) is 9.80 Å². The lowest BCUT2D eigenvalue weighted by Crippen LogP contribution is -2.38. The Morgan fingerprint density at radius 3 is 2.00 bits per heavy atom. The zero-order valence-electron chi connectivity index (χ0n) is 14.1. The highest BCUT2D eigenvalue weighted by atomic mass is 16.2. The zero-order chi connectivity index (χ0) is 15.7. The standard InChI is InChI=1S/C16H32N2O2/c1-7-10-18(15(19)13(3)4)12-9-11-17(6)16(20)14(5)8-2/h13-14H,7-12H2,1-6H3. The normalized spacial score (nSPS) is 12.3. The molecule has 0 radical (unpaired) electrons. The van der Waals surface area contributed by atoms with Gasteiger partial charge in [-0.3, -0.25) is 9.59 Å². The smallest absolute Gasteiger partial charge is 0.225 e. The van der Waals surface area contributed by atoms with Crippen molar-refractivity contribution < 1.29 is 9.59 Å². The van der Waals surface area contributed by atoms with Gasteiger partial charge in [0.15, 0.2) is 0 Å². The van der Waals surface area contributed by atoms with E-state index in [1.54, 1.807) is 4.90 Å². The first kappa shape index (κ1) is 18.9. The summed E-state index contributed by atoms with van der Waals surface area (Å²) in [7, 11) is 1.85. The molecule has 0 rings (SSSR count).